The van der Waals surface area contributed by atoms with Crippen molar-refractivity contribution in [1.29, 1.82) is 0 Å². The Labute approximate surface area is 134 Å². The molecule has 3 aromatic rings. The van der Waals surface area contributed by atoms with E-state index in [-0.39, 0.29) is 10.8 Å². The molecular weight excluding hydrogens is 312 g/mol. The maximum atomic E-state index is 12.7. The van der Waals surface area contributed by atoms with E-state index in [0.717, 1.165) is 11.3 Å². The Kier molecular flexibility index (Phi) is 4.12. The first kappa shape index (κ1) is 15.2. The summed E-state index contributed by atoms with van der Waals surface area (Å²) >= 11 is 0. The minimum atomic E-state index is -3.73. The third kappa shape index (κ3) is 3.09. The SMILES string of the molecule is CCc1ccccc1S(=O)(=O)Nc1nncn1-c1ccccc1. The van der Waals surface area contributed by atoms with Crippen molar-refractivity contribution in [2.75, 3.05) is 4.72 Å². The predicted octanol–water partition coefficient (Wildman–Crippen LogP) is 2.63. The molecule has 0 radical (unpaired) electrons. The van der Waals surface area contributed by atoms with E-state index >= 15 is 0 Å². The molecule has 0 aliphatic heterocycles. The van der Waals surface area contributed by atoms with Crippen molar-refractivity contribution < 1.29 is 8.42 Å². The van der Waals surface area contributed by atoms with Gasteiger partial charge < -0.3 is 0 Å². The van der Waals surface area contributed by atoms with E-state index in [2.05, 4.69) is 14.9 Å². The fourth-order valence-electron chi connectivity index (χ4n) is 2.32. The van der Waals surface area contributed by atoms with Crippen LogP contribution in [0.15, 0.2) is 65.8 Å². The van der Waals surface area contributed by atoms with Crippen molar-refractivity contribution in [3.8, 4) is 5.69 Å². The summed E-state index contributed by atoms with van der Waals surface area (Å²) in [6.07, 6.45) is 2.10. The van der Waals surface area contributed by atoms with E-state index in [4.69, 9.17) is 0 Å². The molecule has 6 nitrogen and oxygen atoms in total. The number of aromatic nitrogens is 3. The molecule has 0 unspecified atom stereocenters. The molecule has 0 saturated carbocycles. The van der Waals surface area contributed by atoms with Crippen molar-refractivity contribution in [2.45, 2.75) is 18.2 Å². The van der Waals surface area contributed by atoms with Gasteiger partial charge in [-0.15, -0.1) is 10.2 Å². The van der Waals surface area contributed by atoms with E-state index in [1.165, 1.54) is 6.33 Å². The highest BCUT2D eigenvalue weighted by Gasteiger charge is 2.20. The summed E-state index contributed by atoms with van der Waals surface area (Å²) in [6, 6.07) is 16.2. The fourth-order valence-corrected chi connectivity index (χ4v) is 3.62. The van der Waals surface area contributed by atoms with Gasteiger partial charge in [-0.1, -0.05) is 43.3 Å². The molecule has 7 heteroatoms. The molecule has 0 aliphatic rings. The lowest BCUT2D eigenvalue weighted by Crippen LogP contribution is -2.17. The van der Waals surface area contributed by atoms with Gasteiger partial charge in [-0.25, -0.2) is 13.1 Å². The van der Waals surface area contributed by atoms with Crippen LogP contribution >= 0.6 is 0 Å². The average Bonchev–Trinajstić information content (AvgIpc) is 3.03. The fraction of sp³-hybridized carbons (Fsp3) is 0.125. The van der Waals surface area contributed by atoms with Gasteiger partial charge in [0.1, 0.15) is 6.33 Å². The molecule has 118 valence electrons. The molecule has 0 fully saturated rings. The summed E-state index contributed by atoms with van der Waals surface area (Å²) in [7, 11) is -3.73. The Morgan fingerprint density at radius 3 is 2.48 bits per heavy atom. The molecule has 0 aliphatic carbocycles. The summed E-state index contributed by atoms with van der Waals surface area (Å²) < 4.78 is 29.4. The molecule has 0 bridgehead atoms. The van der Waals surface area contributed by atoms with Gasteiger partial charge >= 0.3 is 0 Å². The summed E-state index contributed by atoms with van der Waals surface area (Å²) in [5, 5.41) is 7.69. The number of sulfonamides is 1. The number of para-hydroxylation sites is 1. The van der Waals surface area contributed by atoms with Crippen LogP contribution < -0.4 is 4.72 Å². The molecular formula is C16H16N4O2S. The van der Waals surface area contributed by atoms with Crippen molar-refractivity contribution in [3.63, 3.8) is 0 Å². The van der Waals surface area contributed by atoms with Gasteiger partial charge in [-0.3, -0.25) is 4.57 Å². The van der Waals surface area contributed by atoms with Crippen LogP contribution in [0.5, 0.6) is 0 Å². The summed E-state index contributed by atoms with van der Waals surface area (Å²) in [5.74, 6) is 0.155. The number of anilines is 1. The molecule has 1 heterocycles. The van der Waals surface area contributed by atoms with Crippen LogP contribution in [0.2, 0.25) is 0 Å². The van der Waals surface area contributed by atoms with Crippen LogP contribution in [-0.4, -0.2) is 23.2 Å². The molecule has 23 heavy (non-hydrogen) atoms. The average molecular weight is 328 g/mol. The first-order chi connectivity index (χ1) is 11.1. The summed E-state index contributed by atoms with van der Waals surface area (Å²) in [4.78, 5) is 0.255. The van der Waals surface area contributed by atoms with Gasteiger partial charge in [0, 0.05) is 0 Å². The topological polar surface area (TPSA) is 76.9 Å². The highest BCUT2D eigenvalue weighted by molar-refractivity contribution is 7.92. The monoisotopic (exact) mass is 328 g/mol. The Bertz CT molecular complexity index is 905. The Morgan fingerprint density at radius 1 is 1.04 bits per heavy atom. The predicted molar refractivity (Wildman–Crippen MR) is 88.0 cm³/mol. The molecule has 1 N–H and O–H groups in total. The van der Waals surface area contributed by atoms with E-state index < -0.39 is 10.0 Å². The third-order valence-corrected chi connectivity index (χ3v) is 4.88. The number of rotatable bonds is 5. The first-order valence-corrected chi connectivity index (χ1v) is 8.66. The second-order valence-electron chi connectivity index (χ2n) is 4.93. The normalized spacial score (nSPS) is 11.3. The van der Waals surface area contributed by atoms with Crippen LogP contribution in [0.25, 0.3) is 5.69 Å². The van der Waals surface area contributed by atoms with Gasteiger partial charge in [0.05, 0.1) is 10.6 Å². The molecule has 3 rings (SSSR count). The second-order valence-corrected chi connectivity index (χ2v) is 6.58. The van der Waals surface area contributed by atoms with Crippen LogP contribution in [0.1, 0.15) is 12.5 Å². The lowest BCUT2D eigenvalue weighted by molar-refractivity contribution is 0.599. The first-order valence-electron chi connectivity index (χ1n) is 7.18. The van der Waals surface area contributed by atoms with Crippen molar-refractivity contribution in [1.82, 2.24) is 14.8 Å². The van der Waals surface area contributed by atoms with Crippen LogP contribution in [0.4, 0.5) is 5.95 Å². The molecule has 0 amide bonds. The number of hydrogen-bond acceptors (Lipinski definition) is 4. The van der Waals surface area contributed by atoms with Gasteiger partial charge in [-0.05, 0) is 30.2 Å². The molecule has 0 atom stereocenters. The maximum Gasteiger partial charge on any atom is 0.264 e. The van der Waals surface area contributed by atoms with E-state index in [1.54, 1.807) is 22.8 Å². The smallest absolute Gasteiger partial charge is 0.264 e. The lowest BCUT2D eigenvalue weighted by Gasteiger charge is -2.11. The molecule has 2 aromatic carbocycles. The molecule has 0 spiro atoms. The van der Waals surface area contributed by atoms with Gasteiger partial charge in [-0.2, -0.15) is 0 Å². The zero-order valence-electron chi connectivity index (χ0n) is 12.5. The van der Waals surface area contributed by atoms with Crippen LogP contribution in [-0.2, 0) is 16.4 Å². The quantitative estimate of drug-likeness (QED) is 0.781. The number of nitrogens with zero attached hydrogens (tertiary/aromatic N) is 3. The van der Waals surface area contributed by atoms with E-state index in [1.807, 2.05) is 43.3 Å². The minimum absolute atomic E-state index is 0.155. The number of benzene rings is 2. The number of nitrogens with one attached hydrogen (secondary N) is 1. The largest absolute Gasteiger partial charge is 0.267 e. The van der Waals surface area contributed by atoms with Crippen molar-refractivity contribution in [2.24, 2.45) is 0 Å². The van der Waals surface area contributed by atoms with Crippen LogP contribution in [0.3, 0.4) is 0 Å². The summed E-state index contributed by atoms with van der Waals surface area (Å²) in [6.45, 7) is 1.92. The molecule has 1 aromatic heterocycles. The number of hydrogen-bond donors (Lipinski definition) is 1. The standard InChI is InChI=1S/C16H16N4O2S/c1-2-13-8-6-7-11-15(13)23(21,22)19-16-18-17-12-20(16)14-9-4-3-5-10-14/h3-12H,2H2,1H3,(H,18,19). The highest BCUT2D eigenvalue weighted by atomic mass is 32.2. The maximum absolute atomic E-state index is 12.7. The molecule has 0 saturated heterocycles. The summed E-state index contributed by atoms with van der Waals surface area (Å²) in [5.41, 5.74) is 1.53. The Balaban J connectivity index is 1.98. The second kappa shape index (κ2) is 6.21. The Hall–Kier alpha value is -2.67. The van der Waals surface area contributed by atoms with Crippen LogP contribution in [0, 0.1) is 0 Å². The van der Waals surface area contributed by atoms with Gasteiger partial charge in [0.15, 0.2) is 0 Å². The zero-order chi connectivity index (χ0) is 16.3. The van der Waals surface area contributed by atoms with Gasteiger partial charge in [0.2, 0.25) is 5.95 Å². The van der Waals surface area contributed by atoms with E-state index in [9.17, 15) is 8.42 Å². The van der Waals surface area contributed by atoms with E-state index in [0.29, 0.717) is 6.42 Å². The van der Waals surface area contributed by atoms with Crippen molar-refractivity contribution >= 4 is 16.0 Å². The number of aryl methyl sites for hydroxylation is 1. The van der Waals surface area contributed by atoms with Crippen molar-refractivity contribution in [3.05, 3.63) is 66.5 Å². The highest BCUT2D eigenvalue weighted by Crippen LogP contribution is 2.20. The van der Waals surface area contributed by atoms with Gasteiger partial charge in [0.25, 0.3) is 10.0 Å². The zero-order valence-corrected chi connectivity index (χ0v) is 13.4. The minimum Gasteiger partial charge on any atom is -0.267 e. The Morgan fingerprint density at radius 2 is 1.74 bits per heavy atom. The lowest BCUT2D eigenvalue weighted by atomic mass is 10.2. The third-order valence-electron chi connectivity index (χ3n) is 3.45.